The molecule has 0 aromatic heterocycles. The summed E-state index contributed by atoms with van der Waals surface area (Å²) < 4.78 is 47.1. The lowest BCUT2D eigenvalue weighted by Crippen LogP contribution is -2.15. The number of benzene rings is 2. The maximum Gasteiger partial charge on any atom is 0.349 e. The smallest absolute Gasteiger partial charge is 0.349 e. The average Bonchev–Trinajstić information content (AvgIpc) is 2.58. The Kier molecular flexibility index (Phi) is 5.11. The zero-order chi connectivity index (χ0) is 18.0. The van der Waals surface area contributed by atoms with Crippen molar-refractivity contribution in [3.63, 3.8) is 0 Å². The molecule has 2 aromatic rings. The van der Waals surface area contributed by atoms with Crippen LogP contribution in [0, 0.1) is 24.4 Å². The van der Waals surface area contributed by atoms with E-state index in [1.54, 1.807) is 6.92 Å². The minimum atomic E-state index is -1.17. The quantitative estimate of drug-likeness (QED) is 0.527. The van der Waals surface area contributed by atoms with E-state index in [4.69, 9.17) is 4.74 Å². The molecule has 1 fully saturated rings. The molecule has 25 heavy (non-hydrogen) atoms. The molecule has 5 heteroatoms. The monoisotopic (exact) mass is 348 g/mol. The van der Waals surface area contributed by atoms with Crippen LogP contribution in [0.25, 0.3) is 0 Å². The summed E-state index contributed by atoms with van der Waals surface area (Å²) >= 11 is 0. The first-order valence-electron chi connectivity index (χ1n) is 8.43. The van der Waals surface area contributed by atoms with Gasteiger partial charge in [0.05, 0.1) is 0 Å². The third-order valence-corrected chi connectivity index (χ3v) is 4.70. The molecule has 2 nitrogen and oxygen atoms in total. The second-order valence-corrected chi connectivity index (χ2v) is 6.49. The highest BCUT2D eigenvalue weighted by Crippen LogP contribution is 2.34. The van der Waals surface area contributed by atoms with E-state index >= 15 is 0 Å². The number of aryl methyl sites for hydroxylation is 1. The third-order valence-electron chi connectivity index (χ3n) is 4.70. The van der Waals surface area contributed by atoms with Gasteiger partial charge in [0.2, 0.25) is 0 Å². The second kappa shape index (κ2) is 7.30. The van der Waals surface area contributed by atoms with E-state index in [1.807, 2.05) is 0 Å². The Labute approximate surface area is 144 Å². The Morgan fingerprint density at radius 3 is 2.20 bits per heavy atom. The number of halogens is 3. The van der Waals surface area contributed by atoms with Crippen LogP contribution in [0.15, 0.2) is 30.3 Å². The molecule has 0 radical (unpaired) electrons. The maximum atomic E-state index is 14.3. The van der Waals surface area contributed by atoms with E-state index in [-0.39, 0.29) is 11.7 Å². The summed E-state index contributed by atoms with van der Waals surface area (Å²) in [6.07, 6.45) is 5.00. The number of carbonyl (C=O) groups excluding carboxylic acids is 1. The summed E-state index contributed by atoms with van der Waals surface area (Å²) in [6.45, 7) is 1.56. The van der Waals surface area contributed by atoms with Gasteiger partial charge in [0.25, 0.3) is 0 Å². The highest BCUT2D eigenvalue weighted by molar-refractivity contribution is 5.91. The predicted molar refractivity (Wildman–Crippen MR) is 88.3 cm³/mol. The minimum Gasteiger partial charge on any atom is -0.423 e. The third kappa shape index (κ3) is 3.86. The molecule has 0 unspecified atom stereocenters. The first kappa shape index (κ1) is 17.5. The maximum absolute atomic E-state index is 14.3. The zero-order valence-electron chi connectivity index (χ0n) is 14.0. The van der Waals surface area contributed by atoms with Gasteiger partial charge in [0.1, 0.15) is 28.8 Å². The molecular weight excluding hydrogens is 329 g/mol. The van der Waals surface area contributed by atoms with Gasteiger partial charge in [-0.1, -0.05) is 25.3 Å². The van der Waals surface area contributed by atoms with Crippen molar-refractivity contribution in [2.24, 2.45) is 0 Å². The predicted octanol–water partition coefficient (Wildman–Crippen LogP) is 5.68. The Morgan fingerprint density at radius 1 is 0.960 bits per heavy atom. The lowest BCUT2D eigenvalue weighted by molar-refractivity contribution is 0.0724. The Balaban J connectivity index is 1.83. The Morgan fingerprint density at radius 2 is 1.60 bits per heavy atom. The summed E-state index contributed by atoms with van der Waals surface area (Å²) in [5, 5.41) is 0. The largest absolute Gasteiger partial charge is 0.423 e. The van der Waals surface area contributed by atoms with Gasteiger partial charge in [-0.25, -0.2) is 18.0 Å². The lowest BCUT2D eigenvalue weighted by Gasteiger charge is -2.22. The summed E-state index contributed by atoms with van der Waals surface area (Å²) in [5.41, 5.74) is 0.210. The van der Waals surface area contributed by atoms with Crippen molar-refractivity contribution in [1.82, 2.24) is 0 Å². The van der Waals surface area contributed by atoms with Gasteiger partial charge in [-0.3, -0.25) is 0 Å². The minimum absolute atomic E-state index is 0.0942. The molecule has 1 aliphatic rings. The molecule has 2 aromatic carbocycles. The van der Waals surface area contributed by atoms with Gasteiger partial charge in [-0.2, -0.15) is 0 Å². The van der Waals surface area contributed by atoms with Crippen LogP contribution in [0.4, 0.5) is 13.2 Å². The van der Waals surface area contributed by atoms with Gasteiger partial charge in [0, 0.05) is 6.07 Å². The van der Waals surface area contributed by atoms with Gasteiger partial charge in [-0.05, 0) is 55.0 Å². The molecule has 3 rings (SSSR count). The van der Waals surface area contributed by atoms with Crippen molar-refractivity contribution in [3.8, 4) is 5.75 Å². The van der Waals surface area contributed by atoms with Crippen LogP contribution in [0.5, 0.6) is 5.75 Å². The summed E-state index contributed by atoms with van der Waals surface area (Å²) in [4.78, 5) is 12.1. The average molecular weight is 348 g/mol. The van der Waals surface area contributed by atoms with Crippen molar-refractivity contribution < 1.29 is 22.7 Å². The van der Waals surface area contributed by atoms with E-state index in [0.29, 0.717) is 11.1 Å². The van der Waals surface area contributed by atoms with E-state index in [1.165, 1.54) is 24.3 Å². The van der Waals surface area contributed by atoms with Crippen molar-refractivity contribution in [1.29, 1.82) is 0 Å². The van der Waals surface area contributed by atoms with Crippen LogP contribution in [-0.4, -0.2) is 5.97 Å². The van der Waals surface area contributed by atoms with Crippen LogP contribution >= 0.6 is 0 Å². The Bertz CT molecular complexity index is 773. The summed E-state index contributed by atoms with van der Waals surface area (Å²) in [6, 6.07) is 6.25. The number of esters is 1. The molecule has 0 heterocycles. The van der Waals surface area contributed by atoms with Gasteiger partial charge in [-0.15, -0.1) is 0 Å². The number of hydrogen-bond acceptors (Lipinski definition) is 2. The molecule has 1 saturated carbocycles. The molecule has 0 amide bonds. The van der Waals surface area contributed by atoms with E-state index in [2.05, 4.69) is 0 Å². The van der Waals surface area contributed by atoms with Gasteiger partial charge < -0.3 is 4.74 Å². The van der Waals surface area contributed by atoms with Crippen LogP contribution in [0.3, 0.4) is 0 Å². The number of carbonyl (C=O) groups is 1. The first-order chi connectivity index (χ1) is 12.0. The van der Waals surface area contributed by atoms with Crippen LogP contribution < -0.4 is 4.74 Å². The van der Waals surface area contributed by atoms with E-state index < -0.39 is 29.0 Å². The van der Waals surface area contributed by atoms with Crippen LogP contribution in [0.1, 0.15) is 59.5 Å². The fraction of sp³-hybridized carbons (Fsp3) is 0.350. The van der Waals surface area contributed by atoms with E-state index in [9.17, 15) is 18.0 Å². The molecule has 0 saturated heterocycles. The van der Waals surface area contributed by atoms with Crippen LogP contribution in [0.2, 0.25) is 0 Å². The molecular formula is C20H19F3O2. The summed E-state index contributed by atoms with van der Waals surface area (Å²) in [7, 11) is 0. The normalized spacial score (nSPS) is 15.2. The van der Waals surface area contributed by atoms with Gasteiger partial charge in [0.15, 0.2) is 0 Å². The SMILES string of the molecule is Cc1ccc(OC(=O)c2c(F)cc(C3CCCCC3)cc2F)cc1F. The number of ether oxygens (including phenoxy) is 1. The highest BCUT2D eigenvalue weighted by Gasteiger charge is 2.24. The highest BCUT2D eigenvalue weighted by atomic mass is 19.1. The Hall–Kier alpha value is -2.30. The molecule has 1 aliphatic carbocycles. The fourth-order valence-corrected chi connectivity index (χ4v) is 3.25. The zero-order valence-corrected chi connectivity index (χ0v) is 14.0. The lowest BCUT2D eigenvalue weighted by atomic mass is 9.84. The van der Waals surface area contributed by atoms with Crippen LogP contribution in [-0.2, 0) is 0 Å². The summed E-state index contributed by atoms with van der Waals surface area (Å²) in [5.74, 6) is -3.60. The standard InChI is InChI=1S/C20H19F3O2/c1-12-7-8-15(11-16(12)21)25-20(24)19-17(22)9-14(10-18(19)23)13-5-3-2-4-6-13/h7-11,13H,2-6H2,1H3. The molecule has 0 N–H and O–H groups in total. The molecule has 132 valence electrons. The topological polar surface area (TPSA) is 26.3 Å². The van der Waals surface area contributed by atoms with E-state index in [0.717, 1.165) is 38.2 Å². The first-order valence-corrected chi connectivity index (χ1v) is 8.43. The van der Waals surface area contributed by atoms with Crippen molar-refractivity contribution in [3.05, 3.63) is 64.5 Å². The van der Waals surface area contributed by atoms with Crippen molar-refractivity contribution in [2.75, 3.05) is 0 Å². The second-order valence-electron chi connectivity index (χ2n) is 6.49. The van der Waals surface area contributed by atoms with Crippen molar-refractivity contribution >= 4 is 5.97 Å². The molecule has 0 spiro atoms. The van der Waals surface area contributed by atoms with Crippen molar-refractivity contribution in [2.45, 2.75) is 44.9 Å². The number of rotatable bonds is 3. The van der Waals surface area contributed by atoms with Gasteiger partial charge >= 0.3 is 5.97 Å². The molecule has 0 aliphatic heterocycles. The molecule has 0 atom stereocenters. The fourth-order valence-electron chi connectivity index (χ4n) is 3.25. The molecule has 0 bridgehead atoms. The number of hydrogen-bond donors (Lipinski definition) is 0.